The summed E-state index contributed by atoms with van der Waals surface area (Å²) in [6, 6.07) is 12.4. The van der Waals surface area contributed by atoms with Crippen LogP contribution in [0.1, 0.15) is 16.7 Å². The Morgan fingerprint density at radius 1 is 1.10 bits per heavy atom. The molecule has 2 aromatic carbocycles. The lowest BCUT2D eigenvalue weighted by Crippen LogP contribution is -2.25. The first-order valence-corrected chi connectivity index (χ1v) is 8.39. The van der Waals surface area contributed by atoms with E-state index in [1.54, 1.807) is 12.1 Å². The number of halogens is 1. The van der Waals surface area contributed by atoms with E-state index in [1.165, 1.54) is 10.4 Å². The average Bonchev–Trinajstić information content (AvgIpc) is 2.92. The van der Waals surface area contributed by atoms with Gasteiger partial charge < -0.3 is 5.73 Å². The van der Waals surface area contributed by atoms with E-state index in [9.17, 15) is 8.42 Å². The van der Waals surface area contributed by atoms with E-state index in [0.717, 1.165) is 11.1 Å². The first-order valence-electron chi connectivity index (χ1n) is 6.58. The van der Waals surface area contributed by atoms with Crippen molar-refractivity contribution >= 4 is 21.6 Å². The van der Waals surface area contributed by atoms with Gasteiger partial charge in [-0.3, -0.25) is 0 Å². The standard InChI is InChI=1S/C15H15ClN2O2S/c16-15-6-5-14(7-13(15)8-17)21(19,20)18-9-11-3-1-2-4-12(11)10-18/h1-7H,8-10,17H2. The van der Waals surface area contributed by atoms with Gasteiger partial charge in [0.15, 0.2) is 0 Å². The molecule has 0 aromatic heterocycles. The van der Waals surface area contributed by atoms with E-state index >= 15 is 0 Å². The number of fused-ring (bicyclic) bond motifs is 1. The van der Waals surface area contributed by atoms with Crippen LogP contribution < -0.4 is 5.73 Å². The van der Waals surface area contributed by atoms with Crippen LogP contribution in [0, 0.1) is 0 Å². The van der Waals surface area contributed by atoms with E-state index in [-0.39, 0.29) is 11.4 Å². The molecule has 1 aliphatic rings. The molecule has 1 aliphatic heterocycles. The summed E-state index contributed by atoms with van der Waals surface area (Å²) < 4.78 is 26.9. The molecule has 3 rings (SSSR count). The summed E-state index contributed by atoms with van der Waals surface area (Å²) >= 11 is 5.99. The number of sulfonamides is 1. The molecule has 0 saturated carbocycles. The van der Waals surface area contributed by atoms with Crippen molar-refractivity contribution in [2.24, 2.45) is 5.73 Å². The molecule has 0 aliphatic carbocycles. The van der Waals surface area contributed by atoms with Crippen LogP contribution in [0.4, 0.5) is 0 Å². The van der Waals surface area contributed by atoms with Gasteiger partial charge in [-0.1, -0.05) is 35.9 Å². The highest BCUT2D eigenvalue weighted by molar-refractivity contribution is 7.89. The van der Waals surface area contributed by atoms with Gasteiger partial charge in [0.05, 0.1) is 4.90 Å². The lowest BCUT2D eigenvalue weighted by molar-refractivity contribution is 0.431. The van der Waals surface area contributed by atoms with Gasteiger partial charge in [-0.2, -0.15) is 4.31 Å². The molecule has 1 heterocycles. The van der Waals surface area contributed by atoms with E-state index in [1.807, 2.05) is 24.3 Å². The van der Waals surface area contributed by atoms with Gasteiger partial charge in [0.1, 0.15) is 0 Å². The molecule has 2 aromatic rings. The molecule has 0 bridgehead atoms. The van der Waals surface area contributed by atoms with Gasteiger partial charge in [-0.05, 0) is 34.9 Å². The normalized spacial score (nSPS) is 15.1. The van der Waals surface area contributed by atoms with Gasteiger partial charge in [-0.15, -0.1) is 0 Å². The highest BCUT2D eigenvalue weighted by atomic mass is 35.5. The van der Waals surface area contributed by atoms with Crippen molar-refractivity contribution in [3.8, 4) is 0 Å². The second-order valence-corrected chi connectivity index (χ2v) is 7.34. The number of hydrogen-bond acceptors (Lipinski definition) is 3. The summed E-state index contributed by atoms with van der Waals surface area (Å²) in [6.07, 6.45) is 0. The summed E-state index contributed by atoms with van der Waals surface area (Å²) in [5.74, 6) is 0. The number of nitrogens with two attached hydrogens (primary N) is 1. The van der Waals surface area contributed by atoms with Crippen molar-refractivity contribution in [3.05, 3.63) is 64.2 Å². The van der Waals surface area contributed by atoms with Gasteiger partial charge >= 0.3 is 0 Å². The zero-order valence-corrected chi connectivity index (χ0v) is 12.9. The third kappa shape index (κ3) is 2.58. The average molecular weight is 323 g/mol. The van der Waals surface area contributed by atoms with E-state index in [0.29, 0.717) is 23.7 Å². The monoisotopic (exact) mass is 322 g/mol. The Labute approximate surface area is 129 Å². The molecule has 0 fully saturated rings. The first-order chi connectivity index (χ1) is 10.0. The van der Waals surface area contributed by atoms with Crippen molar-refractivity contribution in [2.75, 3.05) is 0 Å². The SMILES string of the molecule is NCc1cc(S(=O)(=O)N2Cc3ccccc3C2)ccc1Cl. The van der Waals surface area contributed by atoms with Crippen LogP contribution in [0.3, 0.4) is 0 Å². The van der Waals surface area contributed by atoms with Crippen LogP contribution in [-0.4, -0.2) is 12.7 Å². The smallest absolute Gasteiger partial charge is 0.243 e. The fourth-order valence-electron chi connectivity index (χ4n) is 2.49. The van der Waals surface area contributed by atoms with Crippen molar-refractivity contribution in [1.82, 2.24) is 4.31 Å². The molecule has 0 saturated heterocycles. The molecule has 0 radical (unpaired) electrons. The second kappa shape index (κ2) is 5.42. The molecule has 0 unspecified atom stereocenters. The Bertz CT molecular complexity index is 765. The Hall–Kier alpha value is -1.40. The van der Waals surface area contributed by atoms with Crippen LogP contribution in [0.15, 0.2) is 47.4 Å². The number of nitrogens with zero attached hydrogens (tertiary/aromatic N) is 1. The van der Waals surface area contributed by atoms with E-state index in [2.05, 4.69) is 0 Å². The summed E-state index contributed by atoms with van der Waals surface area (Å²) in [4.78, 5) is 0.236. The maximum absolute atomic E-state index is 12.7. The lowest BCUT2D eigenvalue weighted by Gasteiger charge is -2.16. The lowest BCUT2D eigenvalue weighted by atomic mass is 10.1. The van der Waals surface area contributed by atoms with Crippen molar-refractivity contribution < 1.29 is 8.42 Å². The predicted molar refractivity (Wildman–Crippen MR) is 82.2 cm³/mol. The maximum Gasteiger partial charge on any atom is 0.243 e. The Morgan fingerprint density at radius 2 is 1.71 bits per heavy atom. The minimum atomic E-state index is -3.54. The maximum atomic E-state index is 12.7. The molecule has 0 atom stereocenters. The highest BCUT2D eigenvalue weighted by Crippen LogP contribution is 2.29. The van der Waals surface area contributed by atoms with Gasteiger partial charge in [0.25, 0.3) is 0 Å². The third-order valence-electron chi connectivity index (χ3n) is 3.69. The van der Waals surface area contributed by atoms with Gasteiger partial charge in [-0.25, -0.2) is 8.42 Å². The predicted octanol–water partition coefficient (Wildman–Crippen LogP) is 2.50. The topological polar surface area (TPSA) is 63.4 Å². The largest absolute Gasteiger partial charge is 0.326 e. The van der Waals surface area contributed by atoms with Crippen LogP contribution in [0.2, 0.25) is 5.02 Å². The molecular formula is C15H15ClN2O2S. The minimum absolute atomic E-state index is 0.211. The Balaban J connectivity index is 1.96. The zero-order chi connectivity index (χ0) is 15.0. The van der Waals surface area contributed by atoms with Crippen LogP contribution >= 0.6 is 11.6 Å². The summed E-state index contributed by atoms with van der Waals surface area (Å²) in [5.41, 5.74) is 8.33. The summed E-state index contributed by atoms with van der Waals surface area (Å²) in [5, 5.41) is 0.487. The highest BCUT2D eigenvalue weighted by Gasteiger charge is 2.30. The van der Waals surface area contributed by atoms with Gasteiger partial charge in [0.2, 0.25) is 10.0 Å². The first kappa shape index (κ1) is 14.5. The summed E-state index contributed by atoms with van der Waals surface area (Å²) in [7, 11) is -3.54. The van der Waals surface area contributed by atoms with E-state index in [4.69, 9.17) is 17.3 Å². The Morgan fingerprint density at radius 3 is 2.29 bits per heavy atom. The fraction of sp³-hybridized carbons (Fsp3) is 0.200. The molecular weight excluding hydrogens is 308 g/mol. The molecule has 0 spiro atoms. The van der Waals surface area contributed by atoms with Crippen molar-refractivity contribution in [1.29, 1.82) is 0 Å². The van der Waals surface area contributed by atoms with Gasteiger partial charge in [0, 0.05) is 24.7 Å². The van der Waals surface area contributed by atoms with Crippen molar-refractivity contribution in [2.45, 2.75) is 24.5 Å². The summed E-state index contributed by atoms with van der Waals surface area (Å²) in [6.45, 7) is 1.01. The van der Waals surface area contributed by atoms with Crippen LogP contribution in [-0.2, 0) is 29.7 Å². The fourth-order valence-corrected chi connectivity index (χ4v) is 4.13. The molecule has 0 amide bonds. The van der Waals surface area contributed by atoms with Crippen LogP contribution in [0.5, 0.6) is 0 Å². The zero-order valence-electron chi connectivity index (χ0n) is 11.3. The molecule has 110 valence electrons. The molecule has 6 heteroatoms. The van der Waals surface area contributed by atoms with E-state index < -0.39 is 10.0 Å². The number of rotatable bonds is 3. The number of benzene rings is 2. The quantitative estimate of drug-likeness (QED) is 0.944. The molecule has 4 nitrogen and oxygen atoms in total. The van der Waals surface area contributed by atoms with Crippen molar-refractivity contribution in [3.63, 3.8) is 0 Å². The Kier molecular flexibility index (Phi) is 3.75. The second-order valence-electron chi connectivity index (χ2n) is 5.00. The molecule has 21 heavy (non-hydrogen) atoms. The third-order valence-corrected chi connectivity index (χ3v) is 5.84. The molecule has 2 N–H and O–H groups in total. The number of hydrogen-bond donors (Lipinski definition) is 1. The van der Waals surface area contributed by atoms with Crippen LogP contribution in [0.25, 0.3) is 0 Å². The minimum Gasteiger partial charge on any atom is -0.326 e.